The van der Waals surface area contributed by atoms with Crippen molar-refractivity contribution in [2.75, 3.05) is 17.6 Å². The molecule has 0 aliphatic carbocycles. The van der Waals surface area contributed by atoms with E-state index in [1.54, 1.807) is 31.2 Å². The highest BCUT2D eigenvalue weighted by molar-refractivity contribution is 9.11. The van der Waals surface area contributed by atoms with Gasteiger partial charge in [0.25, 0.3) is 10.0 Å². The molecule has 8 heteroatoms. The molecule has 0 saturated heterocycles. The number of rotatable bonds is 4. The molecule has 2 rings (SSSR count). The average molecular weight is 377 g/mol. The first kappa shape index (κ1) is 15.1. The number of halogens is 1. The summed E-state index contributed by atoms with van der Waals surface area (Å²) in [6.07, 6.45) is 0. The van der Waals surface area contributed by atoms with Crippen LogP contribution in [0.5, 0.6) is 5.75 Å². The molecule has 0 aliphatic heterocycles. The Morgan fingerprint density at radius 2 is 2.05 bits per heavy atom. The van der Waals surface area contributed by atoms with E-state index in [2.05, 4.69) is 20.7 Å². The molecule has 3 N–H and O–H groups in total. The van der Waals surface area contributed by atoms with Gasteiger partial charge in [-0.1, -0.05) is 0 Å². The maximum Gasteiger partial charge on any atom is 0.263 e. The fourth-order valence-electron chi connectivity index (χ4n) is 1.65. The summed E-state index contributed by atoms with van der Waals surface area (Å²) in [5.41, 5.74) is 6.42. The molecule has 0 radical (unpaired) electrons. The van der Waals surface area contributed by atoms with E-state index in [0.717, 1.165) is 3.79 Å². The predicted molar refractivity (Wildman–Crippen MR) is 85.0 cm³/mol. The Kier molecular flexibility index (Phi) is 4.26. The van der Waals surface area contributed by atoms with Gasteiger partial charge >= 0.3 is 0 Å². The lowest BCUT2D eigenvalue weighted by atomic mass is 10.2. The van der Waals surface area contributed by atoms with Gasteiger partial charge in [0.1, 0.15) is 10.6 Å². The fourth-order valence-corrected chi connectivity index (χ4v) is 5.14. The van der Waals surface area contributed by atoms with E-state index in [1.165, 1.54) is 18.4 Å². The number of methoxy groups -OCH3 is 1. The first-order valence-corrected chi connectivity index (χ1v) is 8.65. The maximum absolute atomic E-state index is 12.4. The number of aryl methyl sites for hydroxylation is 1. The summed E-state index contributed by atoms with van der Waals surface area (Å²) in [6.45, 7) is 1.75. The Balaban J connectivity index is 2.40. The maximum atomic E-state index is 12.4. The van der Waals surface area contributed by atoms with E-state index in [-0.39, 0.29) is 4.90 Å². The summed E-state index contributed by atoms with van der Waals surface area (Å²) in [5.74, 6) is 0.528. The number of nitrogens with one attached hydrogen (secondary N) is 1. The lowest BCUT2D eigenvalue weighted by Crippen LogP contribution is -2.14. The SMILES string of the molecule is COc1ccc(N)c(NS(=O)(=O)c2cc(Br)sc2C)c1. The van der Waals surface area contributed by atoms with Gasteiger partial charge in [0, 0.05) is 10.9 Å². The van der Waals surface area contributed by atoms with Crippen molar-refractivity contribution in [3.8, 4) is 5.75 Å². The zero-order valence-corrected chi connectivity index (χ0v) is 14.0. The first-order valence-electron chi connectivity index (χ1n) is 5.56. The third-order valence-corrected chi connectivity index (χ3v) is 5.81. The molecular formula is C12H13BrN2O3S2. The minimum atomic E-state index is -3.68. The fraction of sp³-hybridized carbons (Fsp3) is 0.167. The zero-order valence-electron chi connectivity index (χ0n) is 10.8. The lowest BCUT2D eigenvalue weighted by Gasteiger charge is -2.11. The zero-order chi connectivity index (χ0) is 14.9. The van der Waals surface area contributed by atoms with Crippen molar-refractivity contribution in [1.29, 1.82) is 0 Å². The van der Waals surface area contributed by atoms with Crippen molar-refractivity contribution >= 4 is 48.7 Å². The lowest BCUT2D eigenvalue weighted by molar-refractivity contribution is 0.415. The molecular weight excluding hydrogens is 364 g/mol. The Labute approximate surface area is 129 Å². The van der Waals surface area contributed by atoms with Crippen LogP contribution in [0, 0.1) is 6.92 Å². The van der Waals surface area contributed by atoms with Crippen LogP contribution in [0.3, 0.4) is 0 Å². The van der Waals surface area contributed by atoms with Crippen LogP contribution in [0.4, 0.5) is 11.4 Å². The van der Waals surface area contributed by atoms with Gasteiger partial charge in [0.15, 0.2) is 0 Å². The molecule has 20 heavy (non-hydrogen) atoms. The molecule has 0 spiro atoms. The molecule has 0 aliphatic rings. The van der Waals surface area contributed by atoms with E-state index in [9.17, 15) is 8.42 Å². The topological polar surface area (TPSA) is 81.4 Å². The van der Waals surface area contributed by atoms with Gasteiger partial charge in [-0.25, -0.2) is 8.42 Å². The number of sulfonamides is 1. The number of hydrogen-bond donors (Lipinski definition) is 2. The molecule has 0 unspecified atom stereocenters. The molecule has 0 fully saturated rings. The second-order valence-corrected chi connectivity index (χ2v) is 8.32. The number of benzene rings is 1. The van der Waals surface area contributed by atoms with E-state index < -0.39 is 10.0 Å². The van der Waals surface area contributed by atoms with Crippen molar-refractivity contribution in [1.82, 2.24) is 0 Å². The third-order valence-electron chi connectivity index (χ3n) is 2.64. The molecule has 1 aromatic heterocycles. The number of nitrogen functional groups attached to an aromatic ring is 1. The van der Waals surface area contributed by atoms with Crippen LogP contribution < -0.4 is 15.2 Å². The summed E-state index contributed by atoms with van der Waals surface area (Å²) in [7, 11) is -2.17. The monoisotopic (exact) mass is 376 g/mol. The van der Waals surface area contributed by atoms with E-state index in [0.29, 0.717) is 22.0 Å². The highest BCUT2D eigenvalue weighted by Crippen LogP contribution is 2.32. The standard InChI is InChI=1S/C12H13BrN2O3S2/c1-7-11(6-12(13)19-7)20(16,17)15-10-5-8(18-2)3-4-9(10)14/h3-6,15H,14H2,1-2H3. The van der Waals surface area contributed by atoms with Crippen molar-refractivity contribution in [2.24, 2.45) is 0 Å². The summed E-state index contributed by atoms with van der Waals surface area (Å²) in [4.78, 5) is 0.933. The van der Waals surface area contributed by atoms with Crippen molar-refractivity contribution < 1.29 is 13.2 Å². The molecule has 5 nitrogen and oxygen atoms in total. The van der Waals surface area contributed by atoms with Crippen LogP contribution in [0.15, 0.2) is 32.9 Å². The minimum absolute atomic E-state index is 0.233. The number of thiophene rings is 1. The number of anilines is 2. The number of ether oxygens (including phenoxy) is 1. The summed E-state index contributed by atoms with van der Waals surface area (Å²) in [5, 5.41) is 0. The summed E-state index contributed by atoms with van der Waals surface area (Å²) in [6, 6.07) is 6.37. The Bertz CT molecular complexity index is 741. The van der Waals surface area contributed by atoms with Gasteiger partial charge in [-0.2, -0.15) is 0 Å². The van der Waals surface area contributed by atoms with E-state index in [4.69, 9.17) is 10.5 Å². The Morgan fingerprint density at radius 3 is 2.60 bits per heavy atom. The van der Waals surface area contributed by atoms with Crippen LogP contribution in [0.2, 0.25) is 0 Å². The highest BCUT2D eigenvalue weighted by Gasteiger charge is 2.20. The van der Waals surface area contributed by atoms with Gasteiger partial charge in [-0.15, -0.1) is 11.3 Å². The molecule has 0 amide bonds. The van der Waals surface area contributed by atoms with Crippen molar-refractivity contribution in [2.45, 2.75) is 11.8 Å². The molecule has 0 bridgehead atoms. The van der Waals surface area contributed by atoms with Crippen LogP contribution in [0.1, 0.15) is 4.88 Å². The average Bonchev–Trinajstić information content (AvgIpc) is 2.72. The largest absolute Gasteiger partial charge is 0.497 e. The van der Waals surface area contributed by atoms with Crippen molar-refractivity contribution in [3.05, 3.63) is 32.9 Å². The van der Waals surface area contributed by atoms with Crippen LogP contribution >= 0.6 is 27.3 Å². The quantitative estimate of drug-likeness (QED) is 0.802. The molecule has 2 aromatic rings. The second kappa shape index (κ2) is 5.63. The third kappa shape index (κ3) is 3.08. The number of nitrogens with two attached hydrogens (primary N) is 1. The smallest absolute Gasteiger partial charge is 0.263 e. The normalized spacial score (nSPS) is 11.3. The summed E-state index contributed by atoms with van der Waals surface area (Å²) >= 11 is 4.64. The molecule has 0 saturated carbocycles. The molecule has 1 heterocycles. The summed E-state index contributed by atoms with van der Waals surface area (Å²) < 4.78 is 33.0. The molecule has 0 atom stereocenters. The van der Waals surface area contributed by atoms with Gasteiger partial charge < -0.3 is 10.5 Å². The van der Waals surface area contributed by atoms with Gasteiger partial charge in [-0.05, 0) is 41.1 Å². The van der Waals surface area contributed by atoms with Crippen LogP contribution in [0.25, 0.3) is 0 Å². The molecule has 108 valence electrons. The van der Waals surface area contributed by atoms with E-state index in [1.807, 2.05) is 0 Å². The predicted octanol–water partition coefficient (Wildman–Crippen LogP) is 3.21. The molecule has 1 aromatic carbocycles. The number of hydrogen-bond acceptors (Lipinski definition) is 5. The van der Waals surface area contributed by atoms with E-state index >= 15 is 0 Å². The minimum Gasteiger partial charge on any atom is -0.497 e. The second-order valence-electron chi connectivity index (χ2n) is 4.03. The van der Waals surface area contributed by atoms with Gasteiger partial charge in [0.2, 0.25) is 0 Å². The van der Waals surface area contributed by atoms with Gasteiger partial charge in [0.05, 0.1) is 22.3 Å². The Morgan fingerprint density at radius 1 is 1.35 bits per heavy atom. The first-order chi connectivity index (χ1) is 9.33. The van der Waals surface area contributed by atoms with Crippen LogP contribution in [-0.4, -0.2) is 15.5 Å². The Hall–Kier alpha value is -1.25. The van der Waals surface area contributed by atoms with Gasteiger partial charge in [-0.3, -0.25) is 4.72 Å². The van der Waals surface area contributed by atoms with Crippen LogP contribution in [-0.2, 0) is 10.0 Å². The highest BCUT2D eigenvalue weighted by atomic mass is 79.9. The van der Waals surface area contributed by atoms with Crippen molar-refractivity contribution in [3.63, 3.8) is 0 Å².